The molecule has 3 aromatic rings. The molecule has 5 heteroatoms. The van der Waals surface area contributed by atoms with Crippen LogP contribution in [0.5, 0.6) is 0 Å². The molecule has 0 bridgehead atoms. The number of hydrogen-bond donors (Lipinski definition) is 2. The smallest absolute Gasteiger partial charge is 0.251 e. The number of amides is 2. The fourth-order valence-electron chi connectivity index (χ4n) is 3.16. The van der Waals surface area contributed by atoms with Crippen molar-refractivity contribution in [3.63, 3.8) is 0 Å². The van der Waals surface area contributed by atoms with Gasteiger partial charge < -0.3 is 10.6 Å². The molecular weight excluding hydrogens is 428 g/mol. The third-order valence-electron chi connectivity index (χ3n) is 4.68. The first-order chi connectivity index (χ1) is 14.0. The monoisotopic (exact) mass is 450 g/mol. The van der Waals surface area contributed by atoms with E-state index in [4.69, 9.17) is 0 Å². The van der Waals surface area contributed by atoms with Gasteiger partial charge in [0.2, 0.25) is 5.91 Å². The topological polar surface area (TPSA) is 58.2 Å². The zero-order valence-electron chi connectivity index (χ0n) is 16.1. The third kappa shape index (κ3) is 5.78. The quantitative estimate of drug-likeness (QED) is 0.520. The van der Waals surface area contributed by atoms with Gasteiger partial charge in [-0.25, -0.2) is 0 Å². The molecule has 2 unspecified atom stereocenters. The van der Waals surface area contributed by atoms with E-state index in [0.29, 0.717) is 5.56 Å². The summed E-state index contributed by atoms with van der Waals surface area (Å²) in [6.07, 6.45) is 0.150. The molecule has 4 nitrogen and oxygen atoms in total. The van der Waals surface area contributed by atoms with Crippen molar-refractivity contribution in [2.24, 2.45) is 0 Å². The first-order valence-corrected chi connectivity index (χ1v) is 10.3. The molecule has 148 valence electrons. The minimum atomic E-state index is -0.421. The lowest BCUT2D eigenvalue weighted by molar-refractivity contribution is -0.122. The van der Waals surface area contributed by atoms with Crippen LogP contribution in [0.4, 0.5) is 0 Å². The van der Waals surface area contributed by atoms with Gasteiger partial charge >= 0.3 is 0 Å². The highest BCUT2D eigenvalue weighted by Crippen LogP contribution is 2.24. The maximum Gasteiger partial charge on any atom is 0.251 e. The molecule has 0 aliphatic heterocycles. The molecule has 0 heterocycles. The Morgan fingerprint density at radius 2 is 1.41 bits per heavy atom. The van der Waals surface area contributed by atoms with Crippen LogP contribution in [0.25, 0.3) is 0 Å². The fraction of sp³-hybridized carbons (Fsp3) is 0.167. The average Bonchev–Trinajstić information content (AvgIpc) is 2.74. The van der Waals surface area contributed by atoms with Gasteiger partial charge in [0.15, 0.2) is 0 Å². The molecule has 0 radical (unpaired) electrons. The first-order valence-electron chi connectivity index (χ1n) is 9.49. The van der Waals surface area contributed by atoms with Crippen LogP contribution in [0, 0.1) is 0 Å². The maximum atomic E-state index is 12.8. The molecule has 3 rings (SSSR count). The first kappa shape index (κ1) is 20.8. The molecule has 2 amide bonds. The molecule has 0 aliphatic rings. The van der Waals surface area contributed by atoms with Crippen LogP contribution >= 0.6 is 15.9 Å². The number of hydrogen-bond acceptors (Lipinski definition) is 2. The van der Waals surface area contributed by atoms with Gasteiger partial charge in [0, 0.05) is 10.0 Å². The molecule has 0 aliphatic carbocycles. The van der Waals surface area contributed by atoms with E-state index in [2.05, 4.69) is 26.6 Å². The molecule has 0 aromatic heterocycles. The average molecular weight is 451 g/mol. The Hall–Kier alpha value is -2.92. The molecule has 29 heavy (non-hydrogen) atoms. The zero-order valence-corrected chi connectivity index (χ0v) is 17.7. The van der Waals surface area contributed by atoms with Gasteiger partial charge in [-0.15, -0.1) is 0 Å². The van der Waals surface area contributed by atoms with E-state index in [1.165, 1.54) is 0 Å². The number of carbonyl (C=O) groups is 2. The normalized spacial score (nSPS) is 12.6. The predicted molar refractivity (Wildman–Crippen MR) is 118 cm³/mol. The van der Waals surface area contributed by atoms with E-state index in [1.807, 2.05) is 79.7 Å². The van der Waals surface area contributed by atoms with Gasteiger partial charge in [-0.05, 0) is 36.2 Å². The summed E-state index contributed by atoms with van der Waals surface area (Å²) in [6, 6.07) is 25.8. The lowest BCUT2D eigenvalue weighted by atomic mass is 10.0. The lowest BCUT2D eigenvalue weighted by Gasteiger charge is -2.21. The molecule has 0 saturated heterocycles. The minimum absolute atomic E-state index is 0.129. The van der Waals surface area contributed by atoms with Crippen molar-refractivity contribution in [3.8, 4) is 0 Å². The second kappa shape index (κ2) is 10.0. The van der Waals surface area contributed by atoms with Crippen LogP contribution in [0.15, 0.2) is 89.4 Å². The molecule has 3 aromatic carbocycles. The van der Waals surface area contributed by atoms with E-state index in [1.54, 1.807) is 12.1 Å². The summed E-state index contributed by atoms with van der Waals surface area (Å²) >= 11 is 3.52. The van der Waals surface area contributed by atoms with Crippen LogP contribution in [0.2, 0.25) is 0 Å². The van der Waals surface area contributed by atoms with Gasteiger partial charge in [0.25, 0.3) is 5.91 Å². The highest BCUT2D eigenvalue weighted by atomic mass is 79.9. The van der Waals surface area contributed by atoms with Gasteiger partial charge in [0.05, 0.1) is 18.5 Å². The Morgan fingerprint density at radius 1 is 0.828 bits per heavy atom. The minimum Gasteiger partial charge on any atom is -0.349 e. The summed E-state index contributed by atoms with van der Waals surface area (Å²) < 4.78 is 0.949. The summed E-state index contributed by atoms with van der Waals surface area (Å²) in [5.41, 5.74) is 2.46. The zero-order chi connectivity index (χ0) is 20.6. The van der Waals surface area contributed by atoms with Crippen molar-refractivity contribution in [3.05, 3.63) is 106 Å². The number of benzene rings is 3. The Balaban J connectivity index is 1.72. The van der Waals surface area contributed by atoms with Crippen molar-refractivity contribution >= 4 is 27.7 Å². The lowest BCUT2D eigenvalue weighted by Crippen LogP contribution is -2.34. The Labute approximate surface area is 179 Å². The van der Waals surface area contributed by atoms with E-state index < -0.39 is 6.04 Å². The van der Waals surface area contributed by atoms with Crippen LogP contribution in [0.3, 0.4) is 0 Å². The van der Waals surface area contributed by atoms with E-state index in [-0.39, 0.29) is 24.3 Å². The van der Waals surface area contributed by atoms with E-state index in [9.17, 15) is 9.59 Å². The van der Waals surface area contributed by atoms with Crippen molar-refractivity contribution in [2.45, 2.75) is 25.4 Å². The van der Waals surface area contributed by atoms with Crippen molar-refractivity contribution < 1.29 is 9.59 Å². The molecule has 0 spiro atoms. The highest BCUT2D eigenvalue weighted by Gasteiger charge is 2.21. The Bertz CT molecular complexity index is 961. The number of rotatable bonds is 7. The van der Waals surface area contributed by atoms with Gasteiger partial charge in [0.1, 0.15) is 0 Å². The van der Waals surface area contributed by atoms with E-state index >= 15 is 0 Å². The number of halogens is 1. The maximum absolute atomic E-state index is 12.8. The second-order valence-electron chi connectivity index (χ2n) is 6.82. The summed E-state index contributed by atoms with van der Waals surface area (Å²) in [5, 5.41) is 6.03. The van der Waals surface area contributed by atoms with Gasteiger partial charge in [-0.3, -0.25) is 9.59 Å². The molecule has 2 atom stereocenters. The second-order valence-corrected chi connectivity index (χ2v) is 7.67. The van der Waals surface area contributed by atoms with E-state index in [0.717, 1.165) is 15.6 Å². The molecule has 0 saturated carbocycles. The Kier molecular flexibility index (Phi) is 7.19. The van der Waals surface area contributed by atoms with Crippen molar-refractivity contribution in [1.29, 1.82) is 0 Å². The van der Waals surface area contributed by atoms with Crippen molar-refractivity contribution in [1.82, 2.24) is 10.6 Å². The van der Waals surface area contributed by atoms with Crippen LogP contribution < -0.4 is 10.6 Å². The number of nitrogens with one attached hydrogen (secondary N) is 2. The van der Waals surface area contributed by atoms with Gasteiger partial charge in [-0.1, -0.05) is 82.7 Å². The van der Waals surface area contributed by atoms with Crippen molar-refractivity contribution in [2.75, 3.05) is 0 Å². The molecule has 0 fully saturated rings. The van der Waals surface area contributed by atoms with Crippen LogP contribution in [-0.2, 0) is 4.79 Å². The van der Waals surface area contributed by atoms with Crippen LogP contribution in [0.1, 0.15) is 46.9 Å². The summed E-state index contributed by atoms with van der Waals surface area (Å²) in [4.78, 5) is 25.4. The SMILES string of the molecule is CC(NC(=O)CC(NC(=O)c1ccccc1)c1ccccc1)c1ccccc1Br. The van der Waals surface area contributed by atoms with Crippen LogP contribution in [-0.4, -0.2) is 11.8 Å². The highest BCUT2D eigenvalue weighted by molar-refractivity contribution is 9.10. The summed E-state index contributed by atoms with van der Waals surface area (Å²) in [6.45, 7) is 1.94. The standard InChI is InChI=1S/C24H23BrN2O2/c1-17(20-14-8-9-15-21(20)25)26-23(28)16-22(18-10-4-2-5-11-18)27-24(29)19-12-6-3-7-13-19/h2-15,17,22H,16H2,1H3,(H,26,28)(H,27,29). The largest absolute Gasteiger partial charge is 0.349 e. The summed E-state index contributed by atoms with van der Waals surface area (Å²) in [5.74, 6) is -0.332. The number of carbonyl (C=O) groups excluding carboxylic acids is 2. The Morgan fingerprint density at radius 3 is 2.07 bits per heavy atom. The van der Waals surface area contributed by atoms with Gasteiger partial charge in [-0.2, -0.15) is 0 Å². The summed E-state index contributed by atoms with van der Waals surface area (Å²) in [7, 11) is 0. The molecular formula is C24H23BrN2O2. The predicted octanol–water partition coefficient (Wildman–Crippen LogP) is 5.19. The molecule has 2 N–H and O–H groups in total. The third-order valence-corrected chi connectivity index (χ3v) is 5.40. The fourth-order valence-corrected chi connectivity index (χ4v) is 3.79.